The van der Waals surface area contributed by atoms with E-state index in [1.807, 2.05) is 4.57 Å². The van der Waals surface area contributed by atoms with Gasteiger partial charge < -0.3 is 5.73 Å². The normalized spacial score (nSPS) is 14.6. The lowest BCUT2D eigenvalue weighted by Crippen LogP contribution is -2.09. The molecule has 0 amide bonds. The van der Waals surface area contributed by atoms with Gasteiger partial charge in [0.15, 0.2) is 5.82 Å². The van der Waals surface area contributed by atoms with Crippen LogP contribution in [0.5, 0.6) is 0 Å². The third-order valence-electron chi connectivity index (χ3n) is 3.06. The van der Waals surface area contributed by atoms with Gasteiger partial charge >= 0.3 is 0 Å². The molecule has 0 fully saturated rings. The van der Waals surface area contributed by atoms with Crippen LogP contribution in [0.1, 0.15) is 24.2 Å². The Morgan fingerprint density at radius 1 is 1.18 bits per heavy atom. The molecule has 0 aliphatic heterocycles. The van der Waals surface area contributed by atoms with Gasteiger partial charge in [-0.05, 0) is 25.7 Å². The highest BCUT2D eigenvalue weighted by Crippen LogP contribution is 2.27. The van der Waals surface area contributed by atoms with Gasteiger partial charge in [-0.1, -0.05) is 11.6 Å². The van der Waals surface area contributed by atoms with E-state index in [1.54, 1.807) is 6.33 Å². The number of hydrogen-bond donors (Lipinski definition) is 1. The maximum Gasteiger partial charge on any atom is 0.162 e. The molecular formula is C11H12ClN5. The van der Waals surface area contributed by atoms with Crippen molar-refractivity contribution in [3.63, 3.8) is 0 Å². The van der Waals surface area contributed by atoms with Gasteiger partial charge in [0.05, 0.1) is 5.69 Å². The summed E-state index contributed by atoms with van der Waals surface area (Å²) in [6.45, 7) is 0. The zero-order chi connectivity index (χ0) is 11.8. The summed E-state index contributed by atoms with van der Waals surface area (Å²) in [6.07, 6.45) is 7.60. The molecule has 0 aromatic carbocycles. The lowest BCUT2D eigenvalue weighted by molar-refractivity contribution is 0.654. The van der Waals surface area contributed by atoms with E-state index in [-0.39, 0.29) is 0 Å². The van der Waals surface area contributed by atoms with Gasteiger partial charge in [-0.2, -0.15) is 0 Å². The van der Waals surface area contributed by atoms with Gasteiger partial charge in [0, 0.05) is 5.69 Å². The van der Waals surface area contributed by atoms with Crippen molar-refractivity contribution in [1.29, 1.82) is 0 Å². The van der Waals surface area contributed by atoms with Crippen LogP contribution in [-0.4, -0.2) is 19.5 Å². The summed E-state index contributed by atoms with van der Waals surface area (Å²) in [6, 6.07) is 0. The highest BCUT2D eigenvalue weighted by molar-refractivity contribution is 6.34. The summed E-state index contributed by atoms with van der Waals surface area (Å²) in [5.41, 5.74) is 8.02. The Morgan fingerprint density at radius 3 is 2.88 bits per heavy atom. The number of rotatable bonds is 1. The van der Waals surface area contributed by atoms with Gasteiger partial charge in [-0.3, -0.25) is 4.57 Å². The number of fused-ring (bicyclic) bond motifs is 1. The minimum Gasteiger partial charge on any atom is -0.382 e. The van der Waals surface area contributed by atoms with Gasteiger partial charge in [0.1, 0.15) is 23.5 Å². The highest BCUT2D eigenvalue weighted by atomic mass is 35.5. The molecule has 17 heavy (non-hydrogen) atoms. The lowest BCUT2D eigenvalue weighted by Gasteiger charge is -2.14. The molecule has 3 rings (SSSR count). The Morgan fingerprint density at radius 2 is 2.00 bits per heavy atom. The largest absolute Gasteiger partial charge is 0.382 e. The fourth-order valence-electron chi connectivity index (χ4n) is 2.19. The molecule has 1 aliphatic rings. The van der Waals surface area contributed by atoms with E-state index < -0.39 is 0 Å². The third kappa shape index (κ3) is 1.67. The minimum atomic E-state index is 0.301. The van der Waals surface area contributed by atoms with Gasteiger partial charge in [-0.15, -0.1) is 0 Å². The minimum absolute atomic E-state index is 0.301. The van der Waals surface area contributed by atoms with Crippen molar-refractivity contribution in [3.8, 4) is 5.82 Å². The number of imidazole rings is 1. The zero-order valence-electron chi connectivity index (χ0n) is 9.23. The Kier molecular flexibility index (Phi) is 2.48. The smallest absolute Gasteiger partial charge is 0.162 e. The Bertz CT molecular complexity index is 563. The lowest BCUT2D eigenvalue weighted by atomic mass is 10.0. The van der Waals surface area contributed by atoms with Crippen molar-refractivity contribution >= 4 is 17.4 Å². The van der Waals surface area contributed by atoms with Crippen LogP contribution in [0.2, 0.25) is 5.02 Å². The Balaban J connectivity index is 2.15. The molecule has 2 heterocycles. The molecule has 6 heteroatoms. The molecule has 0 saturated heterocycles. The van der Waals surface area contributed by atoms with E-state index in [0.717, 1.165) is 18.5 Å². The summed E-state index contributed by atoms with van der Waals surface area (Å²) in [5, 5.41) is 0.387. The van der Waals surface area contributed by atoms with E-state index in [1.165, 1.54) is 24.9 Å². The van der Waals surface area contributed by atoms with Crippen LogP contribution in [0.15, 0.2) is 12.7 Å². The predicted molar refractivity (Wildman–Crippen MR) is 65.2 cm³/mol. The molecule has 0 atom stereocenters. The fraction of sp³-hybridized carbons (Fsp3) is 0.364. The molecule has 0 saturated carbocycles. The summed E-state index contributed by atoms with van der Waals surface area (Å²) in [7, 11) is 0. The monoisotopic (exact) mass is 249 g/mol. The molecule has 0 radical (unpaired) electrons. The Labute approximate surface area is 104 Å². The van der Waals surface area contributed by atoms with Crippen LogP contribution >= 0.6 is 11.6 Å². The maximum atomic E-state index is 6.13. The number of nitrogens with zero attached hydrogens (tertiary/aromatic N) is 4. The van der Waals surface area contributed by atoms with E-state index >= 15 is 0 Å². The third-order valence-corrected chi connectivity index (χ3v) is 3.42. The van der Waals surface area contributed by atoms with Crippen molar-refractivity contribution in [2.75, 3.05) is 5.73 Å². The zero-order valence-corrected chi connectivity index (χ0v) is 9.98. The summed E-state index contributed by atoms with van der Waals surface area (Å²) < 4.78 is 1.93. The summed E-state index contributed by atoms with van der Waals surface area (Å²) in [4.78, 5) is 12.5. The standard InChI is InChI=1S/C11H12ClN5/c12-9-10(13)14-5-15-11(9)17-6-16-7-3-1-2-4-8(7)17/h5-6H,1-4H2,(H2,13,14,15). The second-order valence-electron chi connectivity index (χ2n) is 4.11. The molecule has 2 aromatic heterocycles. The van der Waals surface area contributed by atoms with E-state index in [4.69, 9.17) is 17.3 Å². The van der Waals surface area contributed by atoms with Crippen molar-refractivity contribution in [2.45, 2.75) is 25.7 Å². The molecule has 5 nitrogen and oxygen atoms in total. The van der Waals surface area contributed by atoms with Crippen LogP contribution in [0.25, 0.3) is 5.82 Å². The topological polar surface area (TPSA) is 69.6 Å². The first-order valence-electron chi connectivity index (χ1n) is 5.59. The number of nitrogen functional groups attached to an aromatic ring is 1. The van der Waals surface area contributed by atoms with E-state index in [9.17, 15) is 0 Å². The highest BCUT2D eigenvalue weighted by Gasteiger charge is 2.18. The number of halogens is 1. The predicted octanol–water partition coefficient (Wildman–Crippen LogP) is 1.78. The van der Waals surface area contributed by atoms with Gasteiger partial charge in [0.25, 0.3) is 0 Å². The van der Waals surface area contributed by atoms with Crippen molar-refractivity contribution in [2.24, 2.45) is 0 Å². The average molecular weight is 250 g/mol. The van der Waals surface area contributed by atoms with Crippen LogP contribution in [0.3, 0.4) is 0 Å². The number of anilines is 1. The van der Waals surface area contributed by atoms with Crippen molar-refractivity contribution < 1.29 is 0 Å². The maximum absolute atomic E-state index is 6.13. The second-order valence-corrected chi connectivity index (χ2v) is 4.49. The van der Waals surface area contributed by atoms with Gasteiger partial charge in [0.2, 0.25) is 0 Å². The SMILES string of the molecule is Nc1ncnc(-n2cnc3c2CCCC3)c1Cl. The molecule has 0 bridgehead atoms. The number of nitrogens with two attached hydrogens (primary N) is 1. The fourth-order valence-corrected chi connectivity index (χ4v) is 2.38. The summed E-state index contributed by atoms with van der Waals surface area (Å²) >= 11 is 6.13. The molecule has 0 spiro atoms. The summed E-state index contributed by atoms with van der Waals surface area (Å²) in [5.74, 6) is 0.921. The van der Waals surface area contributed by atoms with Crippen LogP contribution in [0, 0.1) is 0 Å². The molecule has 2 N–H and O–H groups in total. The first-order chi connectivity index (χ1) is 8.27. The van der Waals surface area contributed by atoms with E-state index in [2.05, 4.69) is 15.0 Å². The second kappa shape index (κ2) is 4.00. The number of hydrogen-bond acceptors (Lipinski definition) is 4. The average Bonchev–Trinajstić information content (AvgIpc) is 2.77. The van der Waals surface area contributed by atoms with Crippen molar-refractivity contribution in [1.82, 2.24) is 19.5 Å². The van der Waals surface area contributed by atoms with Crippen LogP contribution < -0.4 is 5.73 Å². The number of aromatic nitrogens is 4. The van der Waals surface area contributed by atoms with Gasteiger partial charge in [-0.25, -0.2) is 15.0 Å². The first kappa shape index (κ1) is 10.5. The molecule has 88 valence electrons. The Hall–Kier alpha value is -1.62. The molecule has 2 aromatic rings. The molecule has 0 unspecified atom stereocenters. The van der Waals surface area contributed by atoms with Crippen LogP contribution in [0.4, 0.5) is 5.82 Å². The van der Waals surface area contributed by atoms with E-state index in [0.29, 0.717) is 16.7 Å². The molecule has 1 aliphatic carbocycles. The first-order valence-corrected chi connectivity index (χ1v) is 5.96. The quantitative estimate of drug-likeness (QED) is 0.836. The van der Waals surface area contributed by atoms with Crippen LogP contribution in [-0.2, 0) is 12.8 Å². The van der Waals surface area contributed by atoms with Crippen molar-refractivity contribution in [3.05, 3.63) is 29.1 Å². The molecular weight excluding hydrogens is 238 g/mol. The number of aryl methyl sites for hydroxylation is 1.